The molecule has 1 unspecified atom stereocenters. The summed E-state index contributed by atoms with van der Waals surface area (Å²) >= 11 is 6.09. The molecular formula is C14H15BClN6O6P. The summed E-state index contributed by atoms with van der Waals surface area (Å²) in [7, 11) is -1.88. The third-order valence-corrected chi connectivity index (χ3v) is 6.38. The van der Waals surface area contributed by atoms with Gasteiger partial charge in [-0.15, -0.1) is 0 Å². The number of hydrogen-bond acceptors (Lipinski definition) is 10. The first-order valence-corrected chi connectivity index (χ1v) is 11.3. The van der Waals surface area contributed by atoms with Gasteiger partial charge in [-0.25, -0.2) is 0 Å². The molecule has 4 atom stereocenters. The predicted octanol–water partition coefficient (Wildman–Crippen LogP) is 0.0778. The summed E-state index contributed by atoms with van der Waals surface area (Å²) in [4.78, 5) is 39.1. The molecule has 12 nitrogen and oxygen atoms in total. The van der Waals surface area contributed by atoms with E-state index in [1.807, 2.05) is 0 Å². The molecule has 0 saturated carbocycles. The first-order valence-electron chi connectivity index (χ1n) is 8.64. The molecule has 152 valence electrons. The molecule has 0 aliphatic carbocycles. The molecule has 2 fully saturated rings. The Kier molecular flexibility index (Phi) is 4.54. The summed E-state index contributed by atoms with van der Waals surface area (Å²) < 4.78 is 25.7. The van der Waals surface area contributed by atoms with Crippen molar-refractivity contribution in [2.24, 2.45) is 0 Å². The minimum absolute atomic E-state index is 0.0991. The quantitative estimate of drug-likeness (QED) is 0.331. The van der Waals surface area contributed by atoms with E-state index in [2.05, 4.69) is 19.9 Å². The van der Waals surface area contributed by atoms with E-state index in [9.17, 15) is 9.69 Å². The summed E-state index contributed by atoms with van der Waals surface area (Å²) in [5, 5.41) is 0.186. The zero-order valence-corrected chi connectivity index (χ0v) is 16.7. The molecule has 5 heterocycles. The number of ether oxygens (including phenoxy) is 2. The second-order valence-corrected chi connectivity index (χ2v) is 9.34. The van der Waals surface area contributed by atoms with Crippen LogP contribution in [0, 0.1) is 0 Å². The first-order chi connectivity index (χ1) is 13.9. The van der Waals surface area contributed by atoms with Crippen LogP contribution in [0.3, 0.4) is 0 Å². The van der Waals surface area contributed by atoms with Crippen molar-refractivity contribution in [2.45, 2.75) is 24.5 Å². The summed E-state index contributed by atoms with van der Waals surface area (Å²) in [6, 6.07) is 0. The van der Waals surface area contributed by atoms with Crippen LogP contribution in [0.25, 0.3) is 11.2 Å². The maximum absolute atomic E-state index is 12.6. The molecule has 0 bridgehead atoms. The number of rotatable bonds is 2. The van der Waals surface area contributed by atoms with Crippen LogP contribution in [0.1, 0.15) is 6.23 Å². The normalized spacial score (nSPS) is 29.4. The monoisotopic (exact) mass is 440 g/mol. The van der Waals surface area contributed by atoms with E-state index in [-0.39, 0.29) is 11.8 Å². The Morgan fingerprint density at radius 3 is 3.03 bits per heavy atom. The van der Waals surface area contributed by atoms with Crippen molar-refractivity contribution in [1.29, 1.82) is 0 Å². The SMILES string of the molecule is B[PH]1(O)OC[C@H]2O[C@@H](n3cnc4c(Cl)ncnc43)C(OC(=O)n3ccnc3)[C@H]2O1. The van der Waals surface area contributed by atoms with E-state index in [1.54, 1.807) is 4.57 Å². The Morgan fingerprint density at radius 2 is 2.24 bits per heavy atom. The van der Waals surface area contributed by atoms with Gasteiger partial charge in [-0.2, -0.15) is 0 Å². The van der Waals surface area contributed by atoms with E-state index < -0.39 is 38.5 Å². The topological polar surface area (TPSA) is 136 Å². The number of carbonyl (C=O) groups is 1. The van der Waals surface area contributed by atoms with E-state index >= 15 is 0 Å². The molecule has 3 aromatic heterocycles. The van der Waals surface area contributed by atoms with Crippen LogP contribution < -0.4 is 0 Å². The number of carbonyl (C=O) groups excluding carboxylic acids is 1. The molecule has 1 N–H and O–H groups in total. The Balaban J connectivity index is 1.53. The van der Waals surface area contributed by atoms with Gasteiger partial charge >= 0.3 is 169 Å². The fourth-order valence-corrected chi connectivity index (χ4v) is 4.92. The van der Waals surface area contributed by atoms with Gasteiger partial charge in [0, 0.05) is 0 Å². The second kappa shape index (κ2) is 6.97. The van der Waals surface area contributed by atoms with Crippen LogP contribution in [0.4, 0.5) is 4.79 Å². The van der Waals surface area contributed by atoms with Crippen LogP contribution in [0.5, 0.6) is 0 Å². The fourth-order valence-electron chi connectivity index (χ4n) is 3.41. The molecule has 15 heteroatoms. The zero-order chi connectivity index (χ0) is 20.2. The molecule has 0 spiro atoms. The number of fused-ring (bicyclic) bond motifs is 2. The molecule has 0 radical (unpaired) electrons. The van der Waals surface area contributed by atoms with Crippen molar-refractivity contribution in [3.8, 4) is 0 Å². The van der Waals surface area contributed by atoms with Crippen molar-refractivity contribution in [3.05, 3.63) is 36.5 Å². The van der Waals surface area contributed by atoms with Crippen LogP contribution in [-0.2, 0) is 18.5 Å². The molecule has 0 amide bonds. The van der Waals surface area contributed by atoms with E-state index in [4.69, 9.17) is 30.1 Å². The van der Waals surface area contributed by atoms with Crippen molar-refractivity contribution in [3.63, 3.8) is 0 Å². The second-order valence-electron chi connectivity index (χ2n) is 6.66. The fraction of sp³-hybridized carbons (Fsp3) is 0.357. The Morgan fingerprint density at radius 1 is 1.38 bits per heavy atom. The molecule has 3 aromatic rings. The first kappa shape index (κ1) is 18.9. The van der Waals surface area contributed by atoms with Gasteiger partial charge in [0.2, 0.25) is 0 Å². The molecule has 5 rings (SSSR count). The Bertz CT molecular complexity index is 1070. The third kappa shape index (κ3) is 3.29. The van der Waals surface area contributed by atoms with Crippen LogP contribution in [0.15, 0.2) is 31.4 Å². The van der Waals surface area contributed by atoms with Gasteiger partial charge in [-0.05, 0) is 0 Å². The van der Waals surface area contributed by atoms with E-state index in [0.717, 1.165) is 0 Å². The third-order valence-electron chi connectivity index (χ3n) is 4.70. The summed E-state index contributed by atoms with van der Waals surface area (Å²) in [5.74, 6) is 0. The number of halogens is 1. The van der Waals surface area contributed by atoms with Crippen molar-refractivity contribution in [2.75, 3.05) is 6.61 Å². The Labute approximate surface area is 169 Å². The average Bonchev–Trinajstić information content (AvgIpc) is 3.40. The molecule has 29 heavy (non-hydrogen) atoms. The summed E-state index contributed by atoms with van der Waals surface area (Å²) in [6.45, 7) is 0.0991. The molecule has 0 aromatic carbocycles. The summed E-state index contributed by atoms with van der Waals surface area (Å²) in [5.41, 5.74) is 0.785. The van der Waals surface area contributed by atoms with Gasteiger partial charge < -0.3 is 0 Å². The van der Waals surface area contributed by atoms with E-state index in [0.29, 0.717) is 11.2 Å². The maximum atomic E-state index is 12.6. The zero-order valence-electron chi connectivity index (χ0n) is 15.0. The van der Waals surface area contributed by atoms with Gasteiger partial charge in [0.15, 0.2) is 0 Å². The average molecular weight is 441 g/mol. The standard InChI is InChI=1S/C14H15BClN6O6P/c15-29(24)25-3-7-9(28-29)10(27-14(23)21-2-1-17-5-21)13(26-7)22-6-20-8-11(16)18-4-19-12(8)22/h1-2,4-7,9-10,13,24,29H,3,15H2/t7-,9+,10?,13-/m1/s1. The number of imidazole rings is 2. The molecule has 2 saturated heterocycles. The van der Waals surface area contributed by atoms with Gasteiger partial charge in [-0.3, -0.25) is 0 Å². The summed E-state index contributed by atoms with van der Waals surface area (Å²) in [6.07, 6.45) is 3.29. The predicted molar refractivity (Wildman–Crippen MR) is 102 cm³/mol. The van der Waals surface area contributed by atoms with Crippen LogP contribution in [-0.4, -0.2) is 72.5 Å². The molecule has 2 aliphatic rings. The van der Waals surface area contributed by atoms with Crippen molar-refractivity contribution in [1.82, 2.24) is 29.1 Å². The van der Waals surface area contributed by atoms with Gasteiger partial charge in [-0.1, -0.05) is 0 Å². The van der Waals surface area contributed by atoms with Gasteiger partial charge in [0.25, 0.3) is 0 Å². The van der Waals surface area contributed by atoms with Crippen molar-refractivity contribution < 1.29 is 28.2 Å². The van der Waals surface area contributed by atoms with Crippen LogP contribution >= 0.6 is 19.4 Å². The minimum atomic E-state index is -3.37. The van der Waals surface area contributed by atoms with E-state index in [1.165, 1.54) is 43.5 Å². The Hall–Kier alpha value is -2.15. The van der Waals surface area contributed by atoms with Gasteiger partial charge in [0.05, 0.1) is 0 Å². The number of nitrogens with zero attached hydrogens (tertiary/aromatic N) is 6. The van der Waals surface area contributed by atoms with Crippen molar-refractivity contribution >= 4 is 44.2 Å². The molecule has 2 aliphatic heterocycles. The molecular weight excluding hydrogens is 425 g/mol. The van der Waals surface area contributed by atoms with Crippen LogP contribution in [0.2, 0.25) is 5.15 Å². The van der Waals surface area contributed by atoms with Gasteiger partial charge in [0.1, 0.15) is 0 Å². The number of hydrogen-bond donors (Lipinski definition) is 1. The number of aromatic nitrogens is 6.